The van der Waals surface area contributed by atoms with Crippen LogP contribution in [0, 0.1) is 10.8 Å². The van der Waals surface area contributed by atoms with E-state index in [4.69, 9.17) is 9.47 Å². The first-order chi connectivity index (χ1) is 18.0. The van der Waals surface area contributed by atoms with Gasteiger partial charge in [0.15, 0.2) is 0 Å². The van der Waals surface area contributed by atoms with E-state index in [1.165, 1.54) is 11.1 Å². The zero-order valence-corrected chi connectivity index (χ0v) is 26.5. The molecule has 4 aromatic carbocycles. The van der Waals surface area contributed by atoms with Gasteiger partial charge in [0.25, 0.3) is 0 Å². The van der Waals surface area contributed by atoms with Gasteiger partial charge >= 0.3 is 242 Å². The molecule has 2 nitrogen and oxygen atoms in total. The molecule has 0 aliphatic carbocycles. The van der Waals surface area contributed by atoms with Gasteiger partial charge in [0.2, 0.25) is 0 Å². The van der Waals surface area contributed by atoms with Gasteiger partial charge in [-0.1, -0.05) is 0 Å². The molecule has 1 heterocycles. The number of para-hydroxylation sites is 2. The Morgan fingerprint density at radius 1 is 0.421 bits per heavy atom. The van der Waals surface area contributed by atoms with Crippen LogP contribution in [-0.2, 0) is 6.42 Å². The Labute approximate surface area is 240 Å². The molecule has 0 unspecified atom stereocenters. The molecule has 0 bridgehead atoms. The Hall–Kier alpha value is -2.48. The second-order valence-corrected chi connectivity index (χ2v) is 20.4. The van der Waals surface area contributed by atoms with Gasteiger partial charge in [-0.3, -0.25) is 0 Å². The van der Waals surface area contributed by atoms with Gasteiger partial charge in [0.05, 0.1) is 0 Å². The Bertz CT molecular complexity index is 1240. The molecule has 1 aliphatic rings. The van der Waals surface area contributed by atoms with Crippen molar-refractivity contribution in [2.45, 2.75) is 48.0 Å². The van der Waals surface area contributed by atoms with Crippen LogP contribution in [0.5, 0.6) is 23.0 Å². The third kappa shape index (κ3) is 5.08. The minimum absolute atomic E-state index is 0.167. The van der Waals surface area contributed by atoms with Crippen LogP contribution < -0.4 is 9.47 Å². The van der Waals surface area contributed by atoms with Crippen molar-refractivity contribution in [2.24, 2.45) is 10.8 Å². The molecule has 0 N–H and O–H groups in total. The van der Waals surface area contributed by atoms with Crippen LogP contribution >= 0.6 is 0 Å². The summed E-state index contributed by atoms with van der Waals surface area (Å²) in [6.07, 6.45) is 0. The second-order valence-electron chi connectivity index (χ2n) is 11.8. The zero-order valence-electron chi connectivity index (χ0n) is 23.0. The van der Waals surface area contributed by atoms with Crippen LogP contribution in [0.2, 0.25) is 0 Å². The van der Waals surface area contributed by atoms with E-state index in [2.05, 4.69) is 90.1 Å². The molecule has 5 rings (SSSR count). The maximum absolute atomic E-state index is 6.10. The average molecular weight is 635 g/mol. The normalized spacial score (nSPS) is 21.4. The Morgan fingerprint density at radius 2 is 0.711 bits per heavy atom. The summed E-state index contributed by atoms with van der Waals surface area (Å²) >= 11 is 0.722. The standard InChI is InChI=1S/C34H36O2Se2/c1-31(2,3)33(25-17-21-29(22-18-25)35-27-13-9-7-10-14-27)37-34(38-33,32(4,5)6)26-19-23-30(24-20-26)36-28-15-11-8-12-16-28/h7-24H,1-6H3. The van der Waals surface area contributed by atoms with Gasteiger partial charge in [0.1, 0.15) is 0 Å². The van der Waals surface area contributed by atoms with E-state index in [0.717, 1.165) is 23.0 Å². The van der Waals surface area contributed by atoms with Crippen LogP contribution in [-0.4, -0.2) is 29.9 Å². The van der Waals surface area contributed by atoms with Gasteiger partial charge in [-0.25, -0.2) is 0 Å². The molecular weight excluding hydrogens is 598 g/mol. The van der Waals surface area contributed by atoms with Gasteiger partial charge in [0, 0.05) is 0 Å². The van der Waals surface area contributed by atoms with Crippen LogP contribution in [0.15, 0.2) is 109 Å². The van der Waals surface area contributed by atoms with E-state index < -0.39 is 0 Å². The van der Waals surface area contributed by atoms with Crippen molar-refractivity contribution in [3.63, 3.8) is 0 Å². The summed E-state index contributed by atoms with van der Waals surface area (Å²) in [5.74, 6) is 3.52. The van der Waals surface area contributed by atoms with Crippen molar-refractivity contribution in [3.8, 4) is 23.0 Å². The molecule has 0 saturated carbocycles. The predicted molar refractivity (Wildman–Crippen MR) is 160 cm³/mol. The van der Waals surface area contributed by atoms with Gasteiger partial charge < -0.3 is 0 Å². The summed E-state index contributed by atoms with van der Waals surface area (Å²) in [7, 11) is 0. The molecule has 196 valence electrons. The van der Waals surface area contributed by atoms with Crippen molar-refractivity contribution < 1.29 is 9.47 Å². The molecule has 38 heavy (non-hydrogen) atoms. The predicted octanol–water partition coefficient (Wildman–Crippen LogP) is 8.79. The molecule has 1 aliphatic heterocycles. The minimum atomic E-state index is 0.167. The second kappa shape index (κ2) is 10.2. The van der Waals surface area contributed by atoms with Crippen molar-refractivity contribution in [2.75, 3.05) is 0 Å². The molecular formula is C34H36O2Se2. The number of ether oxygens (including phenoxy) is 2. The molecule has 0 amide bonds. The molecule has 4 heteroatoms. The van der Waals surface area contributed by atoms with Gasteiger partial charge in [-0.05, 0) is 0 Å². The van der Waals surface area contributed by atoms with Crippen molar-refractivity contribution in [3.05, 3.63) is 120 Å². The van der Waals surface area contributed by atoms with Gasteiger partial charge in [-0.2, -0.15) is 0 Å². The Kier molecular flexibility index (Phi) is 7.31. The summed E-state index contributed by atoms with van der Waals surface area (Å²) < 4.78 is 12.6. The zero-order chi connectivity index (χ0) is 27.0. The first kappa shape index (κ1) is 27.1. The molecule has 0 aromatic heterocycles. The number of rotatable bonds is 6. The summed E-state index contributed by atoms with van der Waals surface area (Å²) in [5, 5.41) is 0. The molecule has 1 fully saturated rings. The van der Waals surface area contributed by atoms with Crippen LogP contribution in [0.1, 0.15) is 52.7 Å². The number of hydrogen-bond donors (Lipinski definition) is 0. The summed E-state index contributed by atoms with van der Waals surface area (Å²) in [5.41, 5.74) is 3.24. The fourth-order valence-corrected chi connectivity index (χ4v) is 15.8. The first-order valence-corrected chi connectivity index (χ1v) is 16.5. The topological polar surface area (TPSA) is 18.5 Å². The quantitative estimate of drug-likeness (QED) is 0.198. The molecule has 4 aromatic rings. The Balaban J connectivity index is 1.43. The number of benzene rings is 4. The fourth-order valence-electron chi connectivity index (χ4n) is 4.86. The van der Waals surface area contributed by atoms with E-state index in [-0.39, 0.29) is 17.3 Å². The molecule has 0 spiro atoms. The number of hydrogen-bond acceptors (Lipinski definition) is 2. The van der Waals surface area contributed by atoms with Gasteiger partial charge in [-0.15, -0.1) is 0 Å². The van der Waals surface area contributed by atoms with Crippen LogP contribution in [0.4, 0.5) is 0 Å². The van der Waals surface area contributed by atoms with E-state index in [9.17, 15) is 0 Å². The van der Waals surface area contributed by atoms with E-state index >= 15 is 0 Å². The SMILES string of the molecule is CC(C)(C)C1(c2ccc(Oc3ccccc3)cc2)[Se]C(c2ccc(Oc3ccccc3)cc2)(C(C)(C)C)[Se]1. The molecule has 0 atom stereocenters. The molecule has 0 radical (unpaired) electrons. The summed E-state index contributed by atoms with van der Waals surface area (Å²) in [6.45, 7) is 14.5. The summed E-state index contributed by atoms with van der Waals surface area (Å²) in [6, 6.07) is 37.9. The third-order valence-electron chi connectivity index (χ3n) is 6.98. The van der Waals surface area contributed by atoms with E-state index in [1.807, 2.05) is 60.7 Å². The van der Waals surface area contributed by atoms with Crippen molar-refractivity contribution in [1.29, 1.82) is 0 Å². The maximum atomic E-state index is 6.10. The average Bonchev–Trinajstić information content (AvgIpc) is 2.85. The fraction of sp³-hybridized carbons (Fsp3) is 0.294. The monoisotopic (exact) mass is 636 g/mol. The van der Waals surface area contributed by atoms with Crippen LogP contribution in [0.3, 0.4) is 0 Å². The van der Waals surface area contributed by atoms with E-state index in [1.54, 1.807) is 0 Å². The van der Waals surface area contributed by atoms with Crippen molar-refractivity contribution in [1.82, 2.24) is 0 Å². The van der Waals surface area contributed by atoms with Crippen LogP contribution in [0.25, 0.3) is 0 Å². The van der Waals surface area contributed by atoms with E-state index in [0.29, 0.717) is 29.9 Å². The summed E-state index contributed by atoms with van der Waals surface area (Å²) in [4.78, 5) is 0. The molecule has 1 saturated heterocycles. The first-order valence-electron chi connectivity index (χ1n) is 13.1. The van der Waals surface area contributed by atoms with Crippen molar-refractivity contribution >= 4 is 29.9 Å². The Morgan fingerprint density at radius 3 is 1.00 bits per heavy atom. The third-order valence-corrected chi connectivity index (χ3v) is 20.1.